The van der Waals surface area contributed by atoms with E-state index in [1.54, 1.807) is 36.4 Å². The fraction of sp³-hybridized carbons (Fsp3) is 0.0625. The number of benzene rings is 2. The van der Waals surface area contributed by atoms with Crippen molar-refractivity contribution in [1.82, 2.24) is 9.36 Å². The molecular formula is C16H12ClN3O3S2. The molecule has 128 valence electrons. The molecule has 0 aliphatic heterocycles. The van der Waals surface area contributed by atoms with E-state index in [-0.39, 0.29) is 10.8 Å². The summed E-state index contributed by atoms with van der Waals surface area (Å²) >= 11 is 6.91. The molecule has 0 aliphatic rings. The van der Waals surface area contributed by atoms with Crippen molar-refractivity contribution in [3.63, 3.8) is 0 Å². The number of carbonyl (C=O) groups is 1. The van der Waals surface area contributed by atoms with Gasteiger partial charge in [0.05, 0.1) is 4.90 Å². The van der Waals surface area contributed by atoms with Crippen LogP contribution in [0.25, 0.3) is 11.4 Å². The second-order valence-corrected chi connectivity index (χ2v) is 8.39. The molecule has 9 heteroatoms. The molecule has 0 unspecified atom stereocenters. The maximum Gasteiger partial charge on any atom is 0.257 e. The number of rotatable bonds is 4. The molecule has 1 heterocycles. The van der Waals surface area contributed by atoms with Crippen molar-refractivity contribution in [2.24, 2.45) is 0 Å². The predicted molar refractivity (Wildman–Crippen MR) is 97.9 cm³/mol. The number of sulfone groups is 1. The zero-order chi connectivity index (χ0) is 18.0. The van der Waals surface area contributed by atoms with E-state index in [4.69, 9.17) is 11.6 Å². The number of halogens is 1. The van der Waals surface area contributed by atoms with E-state index in [0.29, 0.717) is 27.1 Å². The van der Waals surface area contributed by atoms with Gasteiger partial charge in [0.1, 0.15) is 0 Å². The quantitative estimate of drug-likeness (QED) is 0.732. The first kappa shape index (κ1) is 17.5. The largest absolute Gasteiger partial charge is 0.297 e. The summed E-state index contributed by atoms with van der Waals surface area (Å²) in [5.41, 5.74) is 1.08. The average molecular weight is 394 g/mol. The van der Waals surface area contributed by atoms with Gasteiger partial charge in [-0.3, -0.25) is 10.1 Å². The normalized spacial score (nSPS) is 11.3. The highest BCUT2D eigenvalue weighted by molar-refractivity contribution is 7.90. The summed E-state index contributed by atoms with van der Waals surface area (Å²) in [6.07, 6.45) is 1.15. The topological polar surface area (TPSA) is 89.0 Å². The maximum atomic E-state index is 12.2. The van der Waals surface area contributed by atoms with Gasteiger partial charge < -0.3 is 0 Å². The third-order valence-corrected chi connectivity index (χ3v) is 5.27. The summed E-state index contributed by atoms with van der Waals surface area (Å²) < 4.78 is 27.1. The van der Waals surface area contributed by atoms with Crippen LogP contribution in [0.1, 0.15) is 10.4 Å². The molecule has 0 aliphatic carbocycles. The van der Waals surface area contributed by atoms with E-state index < -0.39 is 9.84 Å². The lowest BCUT2D eigenvalue weighted by Gasteiger charge is -2.01. The highest BCUT2D eigenvalue weighted by Gasteiger charge is 2.13. The molecule has 0 spiro atoms. The SMILES string of the molecule is CS(=O)(=O)c1ccc(-c2nsc(NC(=O)c3cccc(Cl)c3)n2)cc1. The molecule has 2 aromatic carbocycles. The first-order valence-corrected chi connectivity index (χ1v) is 10.1. The number of aromatic nitrogens is 2. The van der Waals surface area contributed by atoms with E-state index in [9.17, 15) is 13.2 Å². The van der Waals surface area contributed by atoms with Crippen molar-refractivity contribution in [2.45, 2.75) is 4.90 Å². The second kappa shape index (κ2) is 6.91. The Morgan fingerprint density at radius 2 is 1.88 bits per heavy atom. The van der Waals surface area contributed by atoms with Gasteiger partial charge in [-0.05, 0) is 42.5 Å². The highest BCUT2D eigenvalue weighted by Crippen LogP contribution is 2.23. The molecule has 0 fully saturated rings. The smallest absolute Gasteiger partial charge is 0.257 e. The first-order valence-electron chi connectivity index (χ1n) is 7.04. The van der Waals surface area contributed by atoms with E-state index in [2.05, 4.69) is 14.7 Å². The molecule has 0 bridgehead atoms. The molecule has 6 nitrogen and oxygen atoms in total. The summed E-state index contributed by atoms with van der Waals surface area (Å²) in [7, 11) is -3.25. The molecule has 0 atom stereocenters. The minimum Gasteiger partial charge on any atom is -0.297 e. The van der Waals surface area contributed by atoms with Crippen molar-refractivity contribution >= 4 is 44.0 Å². The van der Waals surface area contributed by atoms with Gasteiger partial charge in [0, 0.05) is 33.9 Å². The second-order valence-electron chi connectivity index (χ2n) is 5.18. The molecule has 0 radical (unpaired) electrons. The van der Waals surface area contributed by atoms with Gasteiger partial charge in [-0.1, -0.05) is 17.7 Å². The summed E-state index contributed by atoms with van der Waals surface area (Å²) in [6.45, 7) is 0. The number of hydrogen-bond donors (Lipinski definition) is 1. The Labute approximate surface area is 153 Å². The number of nitrogens with one attached hydrogen (secondary N) is 1. The number of carbonyl (C=O) groups excluding carboxylic acids is 1. The molecule has 25 heavy (non-hydrogen) atoms. The van der Waals surface area contributed by atoms with Crippen LogP contribution in [0, 0.1) is 0 Å². The lowest BCUT2D eigenvalue weighted by molar-refractivity contribution is 0.102. The third kappa shape index (κ3) is 4.22. The van der Waals surface area contributed by atoms with Crippen molar-refractivity contribution in [2.75, 3.05) is 11.6 Å². The molecule has 0 saturated carbocycles. The van der Waals surface area contributed by atoms with Gasteiger partial charge in [-0.2, -0.15) is 9.36 Å². The van der Waals surface area contributed by atoms with Crippen LogP contribution in [0.5, 0.6) is 0 Å². The van der Waals surface area contributed by atoms with Crippen molar-refractivity contribution < 1.29 is 13.2 Å². The Kier molecular flexibility index (Phi) is 4.85. The summed E-state index contributed by atoms with van der Waals surface area (Å²) in [4.78, 5) is 16.6. The van der Waals surface area contributed by atoms with E-state index in [1.807, 2.05) is 0 Å². The Balaban J connectivity index is 1.77. The highest BCUT2D eigenvalue weighted by atomic mass is 35.5. The van der Waals surface area contributed by atoms with Gasteiger partial charge in [-0.25, -0.2) is 8.42 Å². The van der Waals surface area contributed by atoms with Crippen LogP contribution in [0.15, 0.2) is 53.4 Å². The van der Waals surface area contributed by atoms with Gasteiger partial charge in [-0.15, -0.1) is 0 Å². The first-order chi connectivity index (χ1) is 11.8. The van der Waals surface area contributed by atoms with Gasteiger partial charge in [0.25, 0.3) is 5.91 Å². The average Bonchev–Trinajstić information content (AvgIpc) is 3.02. The molecule has 1 aromatic heterocycles. The Morgan fingerprint density at radius 1 is 1.16 bits per heavy atom. The Morgan fingerprint density at radius 3 is 2.52 bits per heavy atom. The minimum absolute atomic E-state index is 0.223. The summed E-state index contributed by atoms with van der Waals surface area (Å²) in [5.74, 6) is 0.0732. The Bertz CT molecular complexity index is 1030. The lowest BCUT2D eigenvalue weighted by Crippen LogP contribution is -2.11. The fourth-order valence-corrected chi connectivity index (χ4v) is 3.45. The molecule has 3 rings (SSSR count). The van der Waals surface area contributed by atoms with Crippen LogP contribution in [0.3, 0.4) is 0 Å². The fourth-order valence-electron chi connectivity index (χ4n) is 2.04. The van der Waals surface area contributed by atoms with Gasteiger partial charge >= 0.3 is 0 Å². The van der Waals surface area contributed by atoms with Crippen LogP contribution < -0.4 is 5.32 Å². The Hall–Kier alpha value is -2.29. The number of nitrogens with zero attached hydrogens (tertiary/aromatic N) is 2. The molecule has 1 N–H and O–H groups in total. The monoisotopic (exact) mass is 393 g/mol. The van der Waals surface area contributed by atoms with Crippen molar-refractivity contribution in [1.29, 1.82) is 0 Å². The zero-order valence-corrected chi connectivity index (χ0v) is 15.3. The van der Waals surface area contributed by atoms with Crippen molar-refractivity contribution in [3.8, 4) is 11.4 Å². The molecular weight excluding hydrogens is 382 g/mol. The van der Waals surface area contributed by atoms with Crippen LogP contribution in [0.2, 0.25) is 5.02 Å². The predicted octanol–water partition coefficient (Wildman–Crippen LogP) is 3.51. The van der Waals surface area contributed by atoms with E-state index in [1.165, 1.54) is 12.1 Å². The van der Waals surface area contributed by atoms with Crippen LogP contribution in [-0.2, 0) is 9.84 Å². The molecule has 1 amide bonds. The minimum atomic E-state index is -3.25. The molecule has 3 aromatic rings. The zero-order valence-electron chi connectivity index (χ0n) is 12.9. The van der Waals surface area contributed by atoms with Crippen LogP contribution in [-0.4, -0.2) is 29.9 Å². The van der Waals surface area contributed by atoms with Crippen molar-refractivity contribution in [3.05, 3.63) is 59.1 Å². The van der Waals surface area contributed by atoms with E-state index >= 15 is 0 Å². The number of hydrogen-bond acceptors (Lipinski definition) is 6. The lowest BCUT2D eigenvalue weighted by atomic mass is 10.2. The van der Waals surface area contributed by atoms with Crippen LogP contribution in [0.4, 0.5) is 5.13 Å². The third-order valence-electron chi connectivity index (χ3n) is 3.27. The molecule has 0 saturated heterocycles. The number of amides is 1. The maximum absolute atomic E-state index is 12.2. The van der Waals surface area contributed by atoms with Gasteiger partial charge in [0.15, 0.2) is 15.7 Å². The summed E-state index contributed by atoms with van der Waals surface area (Å²) in [5, 5.41) is 3.47. The van der Waals surface area contributed by atoms with Gasteiger partial charge in [0.2, 0.25) is 5.13 Å². The summed E-state index contributed by atoms with van der Waals surface area (Å²) in [6, 6.07) is 12.8. The standard InChI is InChI=1S/C16H12ClN3O3S2/c1-25(22,23)13-7-5-10(6-8-13)14-18-16(24-20-14)19-15(21)11-3-2-4-12(17)9-11/h2-9H,1H3,(H,18,19,20,21). The number of anilines is 1. The van der Waals surface area contributed by atoms with E-state index in [0.717, 1.165) is 17.8 Å². The van der Waals surface area contributed by atoms with Crippen LogP contribution >= 0.6 is 23.1 Å².